The zero-order valence-corrected chi connectivity index (χ0v) is 14.4. The van der Waals surface area contributed by atoms with Crippen LogP contribution in [0.5, 0.6) is 0 Å². The molecule has 136 valence electrons. The predicted octanol–water partition coefficient (Wildman–Crippen LogP) is 0.379. The van der Waals surface area contributed by atoms with E-state index in [1.165, 1.54) is 25.3 Å². The molecule has 26 heavy (non-hydrogen) atoms. The van der Waals surface area contributed by atoms with E-state index < -0.39 is 23.0 Å². The van der Waals surface area contributed by atoms with Gasteiger partial charge in [-0.05, 0) is 17.7 Å². The van der Waals surface area contributed by atoms with Crippen molar-refractivity contribution in [2.24, 2.45) is 0 Å². The molecule has 0 N–H and O–H groups in total. The average molecular weight is 357 g/mol. The van der Waals surface area contributed by atoms with Gasteiger partial charge in [-0.2, -0.15) is 0 Å². The second kappa shape index (κ2) is 8.11. The van der Waals surface area contributed by atoms with E-state index in [0.29, 0.717) is 11.1 Å². The fraction of sp³-hybridized carbons (Fsp3) is 0.222. The number of allylic oxidation sites excluding steroid dienone is 2. The van der Waals surface area contributed by atoms with Gasteiger partial charge in [-0.1, -0.05) is 24.3 Å². The van der Waals surface area contributed by atoms with E-state index >= 15 is 0 Å². The van der Waals surface area contributed by atoms with Crippen molar-refractivity contribution in [1.82, 2.24) is 13.7 Å². The van der Waals surface area contributed by atoms with Crippen LogP contribution in [0.15, 0.2) is 64.0 Å². The third-order valence-electron chi connectivity index (χ3n) is 3.70. The number of rotatable bonds is 7. The summed E-state index contributed by atoms with van der Waals surface area (Å²) < 4.78 is 7.44. The first-order chi connectivity index (χ1) is 12.4. The van der Waals surface area contributed by atoms with Crippen LogP contribution in [0.2, 0.25) is 0 Å². The molecule has 0 radical (unpaired) electrons. The van der Waals surface area contributed by atoms with Crippen molar-refractivity contribution in [3.8, 4) is 0 Å². The molecule has 0 aliphatic heterocycles. The number of carbonyl (C=O) groups is 1. The van der Waals surface area contributed by atoms with Gasteiger partial charge >= 0.3 is 23.0 Å². The van der Waals surface area contributed by atoms with Gasteiger partial charge < -0.3 is 4.74 Å². The number of methoxy groups -OCH3 is 1. The topological polar surface area (TPSA) is 92.3 Å². The lowest BCUT2D eigenvalue weighted by Crippen LogP contribution is -2.54. The predicted molar refractivity (Wildman–Crippen MR) is 96.5 cm³/mol. The molecule has 0 saturated heterocycles. The molecule has 1 aromatic carbocycles. The monoisotopic (exact) mass is 357 g/mol. The van der Waals surface area contributed by atoms with Crippen molar-refractivity contribution in [3.63, 3.8) is 0 Å². The smallest absolute Gasteiger partial charge is 0.337 e. The van der Waals surface area contributed by atoms with Crippen LogP contribution in [0.25, 0.3) is 0 Å². The van der Waals surface area contributed by atoms with Gasteiger partial charge in [-0.25, -0.2) is 32.9 Å². The van der Waals surface area contributed by atoms with Crippen molar-refractivity contribution in [2.75, 3.05) is 7.11 Å². The Kier molecular flexibility index (Phi) is 5.90. The van der Waals surface area contributed by atoms with Crippen molar-refractivity contribution in [1.29, 1.82) is 0 Å². The minimum atomic E-state index is -0.747. The van der Waals surface area contributed by atoms with Crippen LogP contribution in [0.1, 0.15) is 15.9 Å². The molecule has 0 fully saturated rings. The van der Waals surface area contributed by atoms with E-state index in [0.717, 1.165) is 13.7 Å². The summed E-state index contributed by atoms with van der Waals surface area (Å²) in [4.78, 5) is 49.2. The zero-order valence-electron chi connectivity index (χ0n) is 14.4. The maximum Gasteiger partial charge on any atom is 0.337 e. The molecule has 2 aromatic rings. The fourth-order valence-electron chi connectivity index (χ4n) is 2.49. The maximum absolute atomic E-state index is 12.6. The lowest BCUT2D eigenvalue weighted by molar-refractivity contribution is 0.0600. The van der Waals surface area contributed by atoms with Gasteiger partial charge in [0.15, 0.2) is 0 Å². The Morgan fingerprint density at radius 3 is 2.04 bits per heavy atom. The van der Waals surface area contributed by atoms with E-state index in [2.05, 4.69) is 17.9 Å². The highest BCUT2D eigenvalue weighted by molar-refractivity contribution is 5.89. The normalized spacial score (nSPS) is 10.3. The van der Waals surface area contributed by atoms with Crippen LogP contribution in [0.4, 0.5) is 0 Å². The van der Waals surface area contributed by atoms with Crippen LogP contribution in [0.3, 0.4) is 0 Å². The molecule has 2 rings (SSSR count). The minimum absolute atomic E-state index is 0.0305. The van der Waals surface area contributed by atoms with E-state index in [9.17, 15) is 19.2 Å². The summed E-state index contributed by atoms with van der Waals surface area (Å²) in [5, 5.41) is 0. The van der Waals surface area contributed by atoms with Gasteiger partial charge in [0.1, 0.15) is 0 Å². The van der Waals surface area contributed by atoms with Crippen molar-refractivity contribution in [2.45, 2.75) is 19.6 Å². The highest BCUT2D eigenvalue weighted by Gasteiger charge is 2.15. The van der Waals surface area contributed by atoms with E-state index in [4.69, 9.17) is 0 Å². The molecule has 0 bridgehead atoms. The van der Waals surface area contributed by atoms with E-state index in [-0.39, 0.29) is 19.6 Å². The number of carbonyl (C=O) groups excluding carboxylic acids is 1. The molecule has 0 amide bonds. The first kappa shape index (κ1) is 18.9. The zero-order chi connectivity index (χ0) is 19.3. The number of hydrogen-bond acceptors (Lipinski definition) is 5. The third kappa shape index (κ3) is 3.64. The van der Waals surface area contributed by atoms with Crippen LogP contribution < -0.4 is 17.1 Å². The molecule has 1 heterocycles. The largest absolute Gasteiger partial charge is 0.465 e. The number of aromatic nitrogens is 3. The van der Waals surface area contributed by atoms with Crippen LogP contribution in [0, 0.1) is 0 Å². The van der Waals surface area contributed by atoms with E-state index in [1.54, 1.807) is 18.2 Å². The summed E-state index contributed by atoms with van der Waals surface area (Å²) in [6.45, 7) is 6.89. The fourth-order valence-corrected chi connectivity index (χ4v) is 2.49. The highest BCUT2D eigenvalue weighted by atomic mass is 16.5. The van der Waals surface area contributed by atoms with Crippen LogP contribution in [-0.2, 0) is 24.4 Å². The Morgan fingerprint density at radius 2 is 1.54 bits per heavy atom. The van der Waals surface area contributed by atoms with Crippen LogP contribution in [-0.4, -0.2) is 26.8 Å². The Labute approximate surface area is 148 Å². The molecule has 0 aliphatic rings. The lowest BCUT2D eigenvalue weighted by Gasteiger charge is -2.12. The van der Waals surface area contributed by atoms with Gasteiger partial charge in [-0.15, -0.1) is 13.2 Å². The number of hydrogen-bond donors (Lipinski definition) is 0. The van der Waals surface area contributed by atoms with Crippen molar-refractivity contribution < 1.29 is 9.53 Å². The summed E-state index contributed by atoms with van der Waals surface area (Å²) in [7, 11) is 1.26. The third-order valence-corrected chi connectivity index (χ3v) is 3.70. The molecule has 1 aromatic heterocycles. The molecule has 0 saturated carbocycles. The Hall–Kier alpha value is -3.42. The summed E-state index contributed by atoms with van der Waals surface area (Å²) in [5.41, 5.74) is -1.38. The first-order valence-corrected chi connectivity index (χ1v) is 7.78. The molecular formula is C18H19N3O5. The van der Waals surface area contributed by atoms with Crippen molar-refractivity contribution >= 4 is 5.97 Å². The van der Waals surface area contributed by atoms with Crippen molar-refractivity contribution in [3.05, 3.63) is 92.2 Å². The number of esters is 1. The Bertz CT molecular complexity index is 978. The van der Waals surface area contributed by atoms with Crippen LogP contribution >= 0.6 is 0 Å². The first-order valence-electron chi connectivity index (χ1n) is 7.78. The average Bonchev–Trinajstić information content (AvgIpc) is 2.65. The summed E-state index contributed by atoms with van der Waals surface area (Å²) in [6, 6.07) is 6.37. The van der Waals surface area contributed by atoms with Gasteiger partial charge in [0, 0.05) is 0 Å². The quantitative estimate of drug-likeness (QED) is 0.528. The van der Waals surface area contributed by atoms with Gasteiger partial charge in [0.2, 0.25) is 0 Å². The Morgan fingerprint density at radius 1 is 1.00 bits per heavy atom. The number of benzene rings is 1. The van der Waals surface area contributed by atoms with Gasteiger partial charge in [0.25, 0.3) is 0 Å². The molecule has 8 nitrogen and oxygen atoms in total. The molecule has 0 unspecified atom stereocenters. The molecule has 8 heteroatoms. The standard InChI is InChI=1S/C18H19N3O5/c1-4-9-19-16(23)20(10-5-2)18(25)21(17(19)24)12-13-7-6-8-14(11-13)15(22)26-3/h4-8,11H,1-2,9-10,12H2,3H3. The summed E-state index contributed by atoms with van der Waals surface area (Å²) >= 11 is 0. The molecule has 0 spiro atoms. The maximum atomic E-state index is 12.6. The summed E-state index contributed by atoms with van der Waals surface area (Å²) in [5.74, 6) is -0.528. The number of nitrogens with zero attached hydrogens (tertiary/aromatic N) is 3. The molecule has 0 aliphatic carbocycles. The number of ether oxygens (including phenoxy) is 1. The van der Waals surface area contributed by atoms with E-state index in [1.807, 2.05) is 0 Å². The van der Waals surface area contributed by atoms with Gasteiger partial charge in [-0.3, -0.25) is 0 Å². The molecule has 0 atom stereocenters. The second-order valence-corrected chi connectivity index (χ2v) is 5.42. The second-order valence-electron chi connectivity index (χ2n) is 5.42. The highest BCUT2D eigenvalue weighted by Crippen LogP contribution is 2.07. The Balaban J connectivity index is 2.63. The SMILES string of the molecule is C=CCn1c(=O)n(CC=C)c(=O)n(Cc2cccc(C(=O)OC)c2)c1=O. The molecular weight excluding hydrogens is 338 g/mol. The summed E-state index contributed by atoms with van der Waals surface area (Å²) in [6.07, 6.45) is 2.79. The lowest BCUT2D eigenvalue weighted by atomic mass is 10.1. The minimum Gasteiger partial charge on any atom is -0.465 e. The van der Waals surface area contributed by atoms with Gasteiger partial charge in [0.05, 0.1) is 32.3 Å².